The van der Waals surface area contributed by atoms with Gasteiger partial charge in [0, 0.05) is 24.7 Å². The molecule has 0 saturated carbocycles. The Morgan fingerprint density at radius 2 is 2.08 bits per heavy atom. The molecule has 3 rings (SSSR count). The van der Waals surface area contributed by atoms with Crippen LogP contribution >= 0.6 is 0 Å². The fourth-order valence-corrected chi connectivity index (χ4v) is 3.13. The maximum atomic E-state index is 11.9. The Balaban J connectivity index is 1.75. The number of rotatable bonds is 6. The zero-order valence-electron chi connectivity index (χ0n) is 14.6. The summed E-state index contributed by atoms with van der Waals surface area (Å²) in [6, 6.07) is 8.64. The van der Waals surface area contributed by atoms with Crippen molar-refractivity contribution in [3.05, 3.63) is 59.4 Å². The van der Waals surface area contributed by atoms with Gasteiger partial charge < -0.3 is 20.7 Å². The molecule has 1 unspecified atom stereocenters. The Morgan fingerprint density at radius 3 is 2.77 bits per heavy atom. The van der Waals surface area contributed by atoms with E-state index in [4.69, 9.17) is 10.5 Å². The molecule has 0 radical (unpaired) electrons. The summed E-state index contributed by atoms with van der Waals surface area (Å²) in [5.41, 5.74) is 9.20. The number of carbonyl (C=O) groups is 2. The normalized spacial score (nSPS) is 15.6. The van der Waals surface area contributed by atoms with Crippen molar-refractivity contribution in [2.24, 2.45) is 5.73 Å². The third-order valence-corrected chi connectivity index (χ3v) is 4.36. The summed E-state index contributed by atoms with van der Waals surface area (Å²) in [4.78, 5) is 29.4. The maximum Gasteiger partial charge on any atom is 0.315 e. The number of ether oxygens (including phenoxy) is 1. The molecule has 3 N–H and O–H groups in total. The van der Waals surface area contributed by atoms with Crippen molar-refractivity contribution in [2.45, 2.75) is 25.9 Å². The molecule has 1 atom stereocenters. The minimum absolute atomic E-state index is 0.0951. The summed E-state index contributed by atoms with van der Waals surface area (Å²) in [7, 11) is 0. The lowest BCUT2D eigenvalue weighted by Gasteiger charge is -2.24. The molecule has 7 nitrogen and oxygen atoms in total. The highest BCUT2D eigenvalue weighted by Crippen LogP contribution is 2.38. The van der Waals surface area contributed by atoms with Gasteiger partial charge in [-0.15, -0.1) is 0 Å². The smallest absolute Gasteiger partial charge is 0.315 e. The van der Waals surface area contributed by atoms with Crippen molar-refractivity contribution in [1.82, 2.24) is 9.88 Å². The summed E-state index contributed by atoms with van der Waals surface area (Å²) in [6.07, 6.45) is 3.79. The van der Waals surface area contributed by atoms with E-state index < -0.39 is 6.03 Å². The fourth-order valence-electron chi connectivity index (χ4n) is 3.13. The lowest BCUT2D eigenvalue weighted by Crippen LogP contribution is -2.34. The van der Waals surface area contributed by atoms with Gasteiger partial charge >= 0.3 is 6.03 Å². The second kappa shape index (κ2) is 7.97. The number of anilines is 1. The number of fused-ring (bicyclic) bond motifs is 1. The zero-order valence-corrected chi connectivity index (χ0v) is 14.6. The molecule has 7 heteroatoms. The van der Waals surface area contributed by atoms with Crippen LogP contribution in [0.5, 0.6) is 0 Å². The van der Waals surface area contributed by atoms with Gasteiger partial charge in [-0.2, -0.15) is 0 Å². The molecule has 0 bridgehead atoms. The lowest BCUT2D eigenvalue weighted by molar-refractivity contribution is -0.117. The average molecular weight is 354 g/mol. The van der Waals surface area contributed by atoms with Crippen LogP contribution in [0.2, 0.25) is 0 Å². The minimum atomic E-state index is -0.473. The molecule has 136 valence electrons. The first-order valence-electron chi connectivity index (χ1n) is 8.56. The summed E-state index contributed by atoms with van der Waals surface area (Å²) in [5.74, 6) is -0.0951. The third-order valence-electron chi connectivity index (χ3n) is 4.36. The zero-order chi connectivity index (χ0) is 18.5. The average Bonchev–Trinajstić information content (AvgIpc) is 3.02. The fraction of sp³-hybridized carbons (Fsp3) is 0.316. The molecule has 2 heterocycles. The molecule has 0 aliphatic carbocycles. The predicted octanol–water partition coefficient (Wildman–Crippen LogP) is 2.43. The van der Waals surface area contributed by atoms with Crippen molar-refractivity contribution in [2.75, 3.05) is 18.5 Å². The number of benzene rings is 1. The number of aromatic nitrogens is 1. The van der Waals surface area contributed by atoms with Gasteiger partial charge in [0.05, 0.1) is 25.6 Å². The van der Waals surface area contributed by atoms with Crippen molar-refractivity contribution in [1.29, 1.82) is 0 Å². The Bertz CT molecular complexity index is 792. The molecular formula is C19H22N4O3. The van der Waals surface area contributed by atoms with Crippen LogP contribution in [0.25, 0.3) is 0 Å². The first kappa shape index (κ1) is 17.9. The molecule has 0 spiro atoms. The standard InChI is InChI=1S/C19H22N4O3/c1-2-26-10-8-17(24)22-15-5-3-13(4-6-15)18-16-7-9-21-11-14(16)12-23(18)19(20)25/h3-7,9,11,18H,2,8,10,12H2,1H3,(H2,20,25)(H,22,24). The van der Waals surface area contributed by atoms with Gasteiger partial charge in [0.1, 0.15) is 0 Å². The molecule has 3 amide bonds. The molecule has 26 heavy (non-hydrogen) atoms. The van der Waals surface area contributed by atoms with Crippen molar-refractivity contribution in [3.8, 4) is 0 Å². The lowest BCUT2D eigenvalue weighted by atomic mass is 9.99. The molecule has 2 aromatic rings. The highest BCUT2D eigenvalue weighted by atomic mass is 16.5. The number of pyridine rings is 1. The number of primary amides is 1. The second-order valence-electron chi connectivity index (χ2n) is 6.06. The summed E-state index contributed by atoms with van der Waals surface area (Å²) in [6.45, 7) is 3.33. The Labute approximate surface area is 152 Å². The van der Waals surface area contributed by atoms with E-state index in [0.717, 1.165) is 16.7 Å². The number of nitrogens with two attached hydrogens (primary N) is 1. The SMILES string of the molecule is CCOCCC(=O)Nc1ccc(C2c3ccncc3CN2C(N)=O)cc1. The van der Waals surface area contributed by atoms with Crippen LogP contribution in [0, 0.1) is 0 Å². The summed E-state index contributed by atoms with van der Waals surface area (Å²) in [5, 5.41) is 2.84. The molecule has 1 aliphatic rings. The summed E-state index contributed by atoms with van der Waals surface area (Å²) >= 11 is 0. The molecule has 1 aromatic carbocycles. The molecule has 0 fully saturated rings. The minimum Gasteiger partial charge on any atom is -0.381 e. The van der Waals surface area contributed by atoms with Crippen molar-refractivity contribution < 1.29 is 14.3 Å². The number of carbonyl (C=O) groups excluding carboxylic acids is 2. The van der Waals surface area contributed by atoms with Crippen LogP contribution in [-0.2, 0) is 16.1 Å². The van der Waals surface area contributed by atoms with Gasteiger partial charge in [-0.25, -0.2) is 4.79 Å². The third kappa shape index (κ3) is 3.83. The number of hydrogen-bond acceptors (Lipinski definition) is 4. The van der Waals surface area contributed by atoms with E-state index in [0.29, 0.717) is 31.9 Å². The highest BCUT2D eigenvalue weighted by Gasteiger charge is 2.33. The van der Waals surface area contributed by atoms with Crippen molar-refractivity contribution in [3.63, 3.8) is 0 Å². The van der Waals surface area contributed by atoms with Gasteiger partial charge in [0.15, 0.2) is 0 Å². The van der Waals surface area contributed by atoms with E-state index >= 15 is 0 Å². The monoisotopic (exact) mass is 354 g/mol. The molecular weight excluding hydrogens is 332 g/mol. The van der Waals surface area contributed by atoms with E-state index in [-0.39, 0.29) is 11.9 Å². The van der Waals surface area contributed by atoms with Crippen LogP contribution in [0.4, 0.5) is 10.5 Å². The van der Waals surface area contributed by atoms with E-state index in [2.05, 4.69) is 10.3 Å². The van der Waals surface area contributed by atoms with Gasteiger partial charge in [-0.1, -0.05) is 12.1 Å². The number of nitrogens with zero attached hydrogens (tertiary/aromatic N) is 2. The largest absolute Gasteiger partial charge is 0.381 e. The van der Waals surface area contributed by atoms with Crippen molar-refractivity contribution >= 4 is 17.6 Å². The number of hydrogen-bond donors (Lipinski definition) is 2. The highest BCUT2D eigenvalue weighted by molar-refractivity contribution is 5.90. The molecule has 0 saturated heterocycles. The van der Waals surface area contributed by atoms with Crippen LogP contribution in [0.3, 0.4) is 0 Å². The molecule has 1 aliphatic heterocycles. The first-order valence-corrected chi connectivity index (χ1v) is 8.56. The van der Waals surface area contributed by atoms with Crippen LogP contribution in [-0.4, -0.2) is 35.0 Å². The van der Waals surface area contributed by atoms with Gasteiger partial charge in [0.2, 0.25) is 5.91 Å². The number of nitrogens with one attached hydrogen (secondary N) is 1. The quantitative estimate of drug-likeness (QED) is 0.779. The Morgan fingerprint density at radius 1 is 1.31 bits per heavy atom. The number of amides is 3. The second-order valence-corrected chi connectivity index (χ2v) is 6.06. The topological polar surface area (TPSA) is 97.6 Å². The van der Waals surface area contributed by atoms with E-state index in [1.807, 2.05) is 37.3 Å². The van der Waals surface area contributed by atoms with Gasteiger partial charge in [-0.05, 0) is 41.8 Å². The van der Waals surface area contributed by atoms with E-state index in [9.17, 15) is 9.59 Å². The first-order chi connectivity index (χ1) is 12.6. The van der Waals surface area contributed by atoms with Crippen LogP contribution < -0.4 is 11.1 Å². The molecule has 1 aromatic heterocycles. The number of urea groups is 1. The Hall–Kier alpha value is -2.93. The predicted molar refractivity (Wildman–Crippen MR) is 97.4 cm³/mol. The maximum absolute atomic E-state index is 11.9. The van der Waals surface area contributed by atoms with Gasteiger partial charge in [-0.3, -0.25) is 9.78 Å². The van der Waals surface area contributed by atoms with E-state index in [1.54, 1.807) is 17.3 Å². The van der Waals surface area contributed by atoms with Crippen LogP contribution in [0.1, 0.15) is 36.1 Å². The Kier molecular flexibility index (Phi) is 5.48. The van der Waals surface area contributed by atoms with E-state index in [1.165, 1.54) is 0 Å². The van der Waals surface area contributed by atoms with Gasteiger partial charge in [0.25, 0.3) is 0 Å². The van der Waals surface area contributed by atoms with Crippen LogP contribution in [0.15, 0.2) is 42.7 Å². The summed E-state index contributed by atoms with van der Waals surface area (Å²) < 4.78 is 5.18.